The molecule has 0 unspecified atom stereocenters. The van der Waals surface area contributed by atoms with Crippen molar-refractivity contribution < 1.29 is 13.2 Å². The van der Waals surface area contributed by atoms with Gasteiger partial charge in [0.15, 0.2) is 5.82 Å². The highest BCUT2D eigenvalue weighted by molar-refractivity contribution is 5.19. The third-order valence-corrected chi connectivity index (χ3v) is 1.33. The van der Waals surface area contributed by atoms with E-state index in [1.807, 2.05) is 13.8 Å². The van der Waals surface area contributed by atoms with Crippen LogP contribution in [0.3, 0.4) is 0 Å². The van der Waals surface area contributed by atoms with Crippen LogP contribution >= 0.6 is 0 Å². The summed E-state index contributed by atoms with van der Waals surface area (Å²) >= 11 is 0. The van der Waals surface area contributed by atoms with Crippen LogP contribution in [0.15, 0.2) is 12.3 Å². The summed E-state index contributed by atoms with van der Waals surface area (Å²) in [5, 5.41) is 0. The van der Waals surface area contributed by atoms with Crippen molar-refractivity contribution in [2.75, 3.05) is 0 Å². The molecule has 0 saturated heterocycles. The summed E-state index contributed by atoms with van der Waals surface area (Å²) < 4.78 is 36.6. The summed E-state index contributed by atoms with van der Waals surface area (Å²) in [6.07, 6.45) is -1.60. The van der Waals surface area contributed by atoms with Gasteiger partial charge in [0.05, 0.1) is 11.3 Å². The first kappa shape index (κ1) is 11.9. The first-order chi connectivity index (χ1) is 6.13. The van der Waals surface area contributed by atoms with Gasteiger partial charge in [0, 0.05) is 6.20 Å². The molecule has 1 aromatic heterocycles. The van der Waals surface area contributed by atoms with Crippen LogP contribution in [0.5, 0.6) is 0 Å². The third-order valence-electron chi connectivity index (χ3n) is 1.33. The zero-order chi connectivity index (χ0) is 10.4. The first-order valence-electron chi connectivity index (χ1n) is 4.02. The molecule has 0 aliphatic carbocycles. The van der Waals surface area contributed by atoms with E-state index in [0.29, 0.717) is 0 Å². The largest absolute Gasteiger partial charge is 0.266 e. The summed E-state index contributed by atoms with van der Waals surface area (Å²) in [4.78, 5) is 3.51. The molecule has 0 N–H and O–H groups in total. The fourth-order valence-electron chi connectivity index (χ4n) is 0.737. The number of halogens is 3. The molecule has 0 atom stereocenters. The van der Waals surface area contributed by atoms with E-state index in [2.05, 4.69) is 4.98 Å². The van der Waals surface area contributed by atoms with E-state index in [1.54, 1.807) is 0 Å². The predicted octanol–water partition coefficient (Wildman–Crippen LogP) is 3.49. The van der Waals surface area contributed by atoms with Gasteiger partial charge in [-0.2, -0.15) is 0 Å². The number of nitrogens with zero attached hydrogens (tertiary/aromatic N) is 1. The van der Waals surface area contributed by atoms with Crippen molar-refractivity contribution in [1.29, 1.82) is 0 Å². The first-order valence-corrected chi connectivity index (χ1v) is 4.02. The smallest absolute Gasteiger partial charge is 0.259 e. The normalized spacial score (nSPS) is 9.46. The lowest BCUT2D eigenvalue weighted by Crippen LogP contribution is -1.95. The SMILES string of the molecule is CC.Cc1nccc(C(F)F)c1F. The Hall–Kier alpha value is -1.06. The van der Waals surface area contributed by atoms with Crippen molar-refractivity contribution in [3.8, 4) is 0 Å². The minimum absolute atomic E-state index is 0.00259. The van der Waals surface area contributed by atoms with Crippen molar-refractivity contribution >= 4 is 0 Å². The number of rotatable bonds is 1. The van der Waals surface area contributed by atoms with Crippen molar-refractivity contribution in [2.24, 2.45) is 0 Å². The molecule has 0 spiro atoms. The molecule has 0 bridgehead atoms. The van der Waals surface area contributed by atoms with Crippen LogP contribution in [0, 0.1) is 12.7 Å². The summed E-state index contributed by atoms with van der Waals surface area (Å²) in [5.41, 5.74) is -0.583. The summed E-state index contributed by atoms with van der Waals surface area (Å²) in [5.74, 6) is -0.914. The predicted molar refractivity (Wildman–Crippen MR) is 45.2 cm³/mol. The van der Waals surface area contributed by atoms with Crippen LogP contribution < -0.4 is 0 Å². The molecule has 0 aliphatic rings. The van der Waals surface area contributed by atoms with E-state index >= 15 is 0 Å². The van der Waals surface area contributed by atoms with Crippen molar-refractivity contribution in [1.82, 2.24) is 4.98 Å². The van der Waals surface area contributed by atoms with Gasteiger partial charge in [-0.25, -0.2) is 13.2 Å². The van der Waals surface area contributed by atoms with Crippen LogP contribution in [0.2, 0.25) is 0 Å². The van der Waals surface area contributed by atoms with E-state index < -0.39 is 17.8 Å². The zero-order valence-electron chi connectivity index (χ0n) is 7.81. The number of aryl methyl sites for hydroxylation is 1. The van der Waals surface area contributed by atoms with Crippen molar-refractivity contribution in [2.45, 2.75) is 27.2 Å². The van der Waals surface area contributed by atoms with Crippen LogP contribution in [-0.4, -0.2) is 4.98 Å². The number of pyridine rings is 1. The van der Waals surface area contributed by atoms with E-state index in [0.717, 1.165) is 6.07 Å². The molecule has 1 rings (SSSR count). The highest BCUT2D eigenvalue weighted by Gasteiger charge is 2.14. The van der Waals surface area contributed by atoms with Crippen LogP contribution in [0.25, 0.3) is 0 Å². The Bertz CT molecular complexity index is 261. The summed E-state index contributed by atoms with van der Waals surface area (Å²) in [6, 6.07) is 0.979. The lowest BCUT2D eigenvalue weighted by Gasteiger charge is -2.01. The summed E-state index contributed by atoms with van der Waals surface area (Å²) in [7, 11) is 0. The van der Waals surface area contributed by atoms with Gasteiger partial charge in [0.25, 0.3) is 6.43 Å². The molecule has 0 aliphatic heterocycles. The molecule has 0 fully saturated rings. The van der Waals surface area contributed by atoms with Gasteiger partial charge in [0.1, 0.15) is 0 Å². The molecule has 0 saturated carbocycles. The van der Waals surface area contributed by atoms with E-state index in [-0.39, 0.29) is 5.69 Å². The van der Waals surface area contributed by atoms with Crippen LogP contribution in [0.1, 0.15) is 31.5 Å². The number of alkyl halides is 2. The van der Waals surface area contributed by atoms with Crippen LogP contribution in [-0.2, 0) is 0 Å². The molecule has 4 heteroatoms. The minimum atomic E-state index is -2.77. The third kappa shape index (κ3) is 3.05. The highest BCUT2D eigenvalue weighted by Crippen LogP contribution is 2.21. The second-order valence-electron chi connectivity index (χ2n) is 2.10. The monoisotopic (exact) mass is 191 g/mol. The zero-order valence-corrected chi connectivity index (χ0v) is 7.81. The van der Waals surface area contributed by atoms with Crippen LogP contribution in [0.4, 0.5) is 13.2 Å². The Morgan fingerprint density at radius 3 is 2.23 bits per heavy atom. The fourth-order valence-corrected chi connectivity index (χ4v) is 0.737. The Balaban J connectivity index is 0.000000671. The Labute approximate surface area is 75.6 Å². The minimum Gasteiger partial charge on any atom is -0.259 e. The average Bonchev–Trinajstić information content (AvgIpc) is 2.13. The van der Waals surface area contributed by atoms with E-state index in [4.69, 9.17) is 0 Å². The standard InChI is InChI=1S/C7H6F3N.C2H6/c1-4-6(8)5(7(9)10)2-3-11-4;1-2/h2-3,7H,1H3;1-2H3. The molecular weight excluding hydrogens is 179 g/mol. The Kier molecular flexibility index (Phi) is 5.11. The van der Waals surface area contributed by atoms with Gasteiger partial charge in [0.2, 0.25) is 0 Å². The van der Waals surface area contributed by atoms with Gasteiger partial charge >= 0.3 is 0 Å². The molecule has 0 radical (unpaired) electrons. The Morgan fingerprint density at radius 1 is 1.31 bits per heavy atom. The molecular formula is C9H12F3N. The second-order valence-corrected chi connectivity index (χ2v) is 2.10. The maximum atomic E-state index is 12.7. The maximum absolute atomic E-state index is 12.7. The number of hydrogen-bond donors (Lipinski definition) is 0. The van der Waals surface area contributed by atoms with Gasteiger partial charge in [-0.15, -0.1) is 0 Å². The Morgan fingerprint density at radius 2 is 1.85 bits per heavy atom. The lowest BCUT2D eigenvalue weighted by atomic mass is 10.2. The highest BCUT2D eigenvalue weighted by atomic mass is 19.3. The van der Waals surface area contributed by atoms with Crippen molar-refractivity contribution in [3.05, 3.63) is 29.3 Å². The molecule has 74 valence electrons. The second kappa shape index (κ2) is 5.56. The lowest BCUT2D eigenvalue weighted by molar-refractivity contribution is 0.146. The summed E-state index contributed by atoms with van der Waals surface area (Å²) in [6.45, 7) is 5.35. The van der Waals surface area contributed by atoms with E-state index in [1.165, 1.54) is 13.1 Å². The van der Waals surface area contributed by atoms with E-state index in [9.17, 15) is 13.2 Å². The molecule has 1 heterocycles. The number of hydrogen-bond acceptors (Lipinski definition) is 1. The molecule has 0 amide bonds. The van der Waals surface area contributed by atoms with Gasteiger partial charge in [-0.1, -0.05) is 13.8 Å². The molecule has 0 aromatic carbocycles. The quantitative estimate of drug-likeness (QED) is 0.662. The topological polar surface area (TPSA) is 12.9 Å². The van der Waals surface area contributed by atoms with Gasteiger partial charge < -0.3 is 0 Å². The fraction of sp³-hybridized carbons (Fsp3) is 0.444. The maximum Gasteiger partial charge on any atom is 0.266 e. The van der Waals surface area contributed by atoms with Gasteiger partial charge in [-0.05, 0) is 13.0 Å². The van der Waals surface area contributed by atoms with Gasteiger partial charge in [-0.3, -0.25) is 4.98 Å². The molecule has 13 heavy (non-hydrogen) atoms. The molecule has 1 aromatic rings. The number of aromatic nitrogens is 1. The average molecular weight is 191 g/mol. The van der Waals surface area contributed by atoms with Crippen molar-refractivity contribution in [3.63, 3.8) is 0 Å². The molecule has 1 nitrogen and oxygen atoms in total.